The molecule has 1 amide bonds. The largest absolute Gasteiger partial charge is 0.671 e. The van der Waals surface area contributed by atoms with Crippen molar-refractivity contribution in [1.29, 1.82) is 0 Å². The molecule has 0 saturated heterocycles. The summed E-state index contributed by atoms with van der Waals surface area (Å²) in [5.41, 5.74) is 10.5. The molecule has 0 bridgehead atoms. The summed E-state index contributed by atoms with van der Waals surface area (Å²) in [5.74, 6) is -2.20. The minimum atomic E-state index is -1.17. The summed E-state index contributed by atoms with van der Waals surface area (Å²) in [7, 11) is 0. The van der Waals surface area contributed by atoms with Crippen LogP contribution >= 0.6 is 0 Å². The zero-order valence-electron chi connectivity index (χ0n) is 7.17. The first-order valence-corrected chi connectivity index (χ1v) is 3.26. The van der Waals surface area contributed by atoms with Crippen LogP contribution in [0.1, 0.15) is 12.8 Å². The van der Waals surface area contributed by atoms with E-state index >= 15 is 0 Å². The Morgan fingerprint density at radius 2 is 1.79 bits per heavy atom. The van der Waals surface area contributed by atoms with Gasteiger partial charge in [0.1, 0.15) is 6.04 Å². The second-order valence-electron chi connectivity index (χ2n) is 1.99. The average molecular weight is 243 g/mol. The Kier molecular flexibility index (Phi) is 15.8. The van der Waals surface area contributed by atoms with E-state index in [1.807, 2.05) is 0 Å². The fourth-order valence-electron chi connectivity index (χ4n) is 0.402. The maximum atomic E-state index is 9.99. The molecule has 0 heterocycles. The van der Waals surface area contributed by atoms with Gasteiger partial charge in [-0.25, -0.2) is 0 Å². The normalized spacial score (nSPS) is 9.79. The zero-order valence-corrected chi connectivity index (χ0v) is 8.45. The molecule has 0 aliphatic rings. The van der Waals surface area contributed by atoms with Crippen LogP contribution in [0.15, 0.2) is 0 Å². The van der Waals surface area contributed by atoms with Crippen LogP contribution in [0.3, 0.4) is 0 Å². The van der Waals surface area contributed by atoms with Crippen molar-refractivity contribution in [3.8, 4) is 0 Å². The number of aliphatic carboxylic acids is 2. The first-order valence-electron chi connectivity index (χ1n) is 3.26. The average Bonchev–Trinajstić information content (AvgIpc) is 2.01. The maximum Gasteiger partial charge on any atom is 0.320 e. The monoisotopic (exact) mass is 243 g/mol. The molecular formula is C6H11CrN2O5-. The van der Waals surface area contributed by atoms with Crippen LogP contribution in [-0.4, -0.2) is 34.6 Å². The quantitative estimate of drug-likeness (QED) is 0.566. The van der Waals surface area contributed by atoms with Crippen molar-refractivity contribution in [3.63, 3.8) is 0 Å². The SMILES string of the molecule is N[C@@H](CCC(=O)O)C(=O)O.[Cr].[NH-]C=O. The predicted molar refractivity (Wildman–Crippen MR) is 42.9 cm³/mol. The molecule has 82 valence electrons. The number of nitrogens with two attached hydrogens (primary N) is 1. The molecule has 0 saturated carbocycles. The van der Waals surface area contributed by atoms with E-state index in [0.29, 0.717) is 0 Å². The number of hydrogen-bond donors (Lipinski definition) is 3. The molecule has 0 aliphatic heterocycles. The molecular weight excluding hydrogens is 232 g/mol. The predicted octanol–water partition coefficient (Wildman–Crippen LogP) is -0.544. The molecule has 0 fully saturated rings. The third-order valence-corrected chi connectivity index (χ3v) is 0.986. The van der Waals surface area contributed by atoms with Gasteiger partial charge < -0.3 is 26.5 Å². The topological polar surface area (TPSA) is 141 Å². The van der Waals surface area contributed by atoms with Crippen LogP contribution in [0.2, 0.25) is 0 Å². The van der Waals surface area contributed by atoms with E-state index in [2.05, 4.69) is 0 Å². The number of carbonyl (C=O) groups is 3. The Hall–Kier alpha value is -1.10. The summed E-state index contributed by atoms with van der Waals surface area (Å²) < 4.78 is 0. The van der Waals surface area contributed by atoms with Crippen molar-refractivity contribution < 1.29 is 42.0 Å². The van der Waals surface area contributed by atoms with Gasteiger partial charge in [-0.05, 0) is 6.42 Å². The van der Waals surface area contributed by atoms with Gasteiger partial charge in [0.15, 0.2) is 0 Å². The number of carboxylic acid groups (broad SMARTS) is 2. The van der Waals surface area contributed by atoms with Gasteiger partial charge in [-0.1, -0.05) is 0 Å². The molecule has 0 aliphatic carbocycles. The second kappa shape index (κ2) is 11.9. The minimum absolute atomic E-state index is 0. The van der Waals surface area contributed by atoms with E-state index in [-0.39, 0.29) is 36.6 Å². The summed E-state index contributed by atoms with van der Waals surface area (Å²) in [6.07, 6.45) is -0.224. The molecule has 0 radical (unpaired) electrons. The van der Waals surface area contributed by atoms with E-state index in [4.69, 9.17) is 26.5 Å². The number of carbonyl (C=O) groups excluding carboxylic acids is 1. The van der Waals surface area contributed by atoms with Crippen molar-refractivity contribution >= 4 is 18.3 Å². The molecule has 0 unspecified atom stereocenters. The summed E-state index contributed by atoms with van der Waals surface area (Å²) in [5, 5.41) is 16.3. The van der Waals surface area contributed by atoms with Crippen molar-refractivity contribution in [2.45, 2.75) is 18.9 Å². The summed E-state index contributed by atoms with van der Waals surface area (Å²) in [6, 6.07) is -1.06. The van der Waals surface area contributed by atoms with Crippen LogP contribution in [0.4, 0.5) is 0 Å². The Morgan fingerprint density at radius 3 is 2.00 bits per heavy atom. The van der Waals surface area contributed by atoms with Crippen molar-refractivity contribution in [3.05, 3.63) is 5.73 Å². The number of rotatable bonds is 4. The Morgan fingerprint density at radius 1 is 1.43 bits per heavy atom. The van der Waals surface area contributed by atoms with Crippen molar-refractivity contribution in [2.75, 3.05) is 0 Å². The van der Waals surface area contributed by atoms with Crippen LogP contribution in [0.25, 0.3) is 5.73 Å². The summed E-state index contributed by atoms with van der Waals surface area (Å²) in [4.78, 5) is 28.3. The number of hydrogen-bond acceptors (Lipinski definition) is 4. The first kappa shape index (κ1) is 18.6. The second-order valence-corrected chi connectivity index (χ2v) is 1.99. The molecule has 8 heteroatoms. The number of nitrogens with one attached hydrogen (secondary N) is 1. The van der Waals surface area contributed by atoms with Crippen molar-refractivity contribution in [1.82, 2.24) is 0 Å². The number of amides is 1. The van der Waals surface area contributed by atoms with Gasteiger partial charge in [-0.3, -0.25) is 9.59 Å². The molecule has 0 aromatic heterocycles. The Bertz CT molecular complexity index is 187. The zero-order chi connectivity index (χ0) is 10.9. The smallest absolute Gasteiger partial charge is 0.320 e. The molecule has 0 spiro atoms. The van der Waals surface area contributed by atoms with Gasteiger partial charge in [0.2, 0.25) is 0 Å². The van der Waals surface area contributed by atoms with E-state index in [0.717, 1.165) is 0 Å². The molecule has 7 nitrogen and oxygen atoms in total. The summed E-state index contributed by atoms with van der Waals surface area (Å²) >= 11 is 0. The molecule has 14 heavy (non-hydrogen) atoms. The first-order chi connectivity index (χ1) is 5.95. The van der Waals surface area contributed by atoms with Gasteiger partial charge in [0.25, 0.3) is 0 Å². The molecule has 0 rings (SSSR count). The van der Waals surface area contributed by atoms with Crippen LogP contribution < -0.4 is 5.73 Å². The Labute approximate surface area is 91.2 Å². The van der Waals surface area contributed by atoms with E-state index < -0.39 is 18.0 Å². The third kappa shape index (κ3) is 17.1. The summed E-state index contributed by atoms with van der Waals surface area (Å²) in [6.45, 7) is 0. The maximum absolute atomic E-state index is 9.99. The van der Waals surface area contributed by atoms with Gasteiger partial charge >= 0.3 is 11.9 Å². The van der Waals surface area contributed by atoms with Crippen molar-refractivity contribution in [2.24, 2.45) is 5.73 Å². The molecule has 1 atom stereocenters. The fourth-order valence-corrected chi connectivity index (χ4v) is 0.402. The van der Waals surface area contributed by atoms with Crippen LogP contribution in [0, 0.1) is 0 Å². The minimum Gasteiger partial charge on any atom is -0.671 e. The standard InChI is InChI=1S/C5H9NO4.CH3NO.Cr/c6-3(5(9)10)1-2-4(7)8;2-1-3;/h3H,1-2,6H2,(H,7,8)(H,9,10);1H,(H2,2,3);/p-1/t3-;;/m0../s1. The molecule has 0 aromatic rings. The fraction of sp³-hybridized carbons (Fsp3) is 0.500. The van der Waals surface area contributed by atoms with Gasteiger partial charge in [0.05, 0.1) is 0 Å². The van der Waals surface area contributed by atoms with E-state index in [9.17, 15) is 9.59 Å². The van der Waals surface area contributed by atoms with Gasteiger partial charge in [-0.2, -0.15) is 0 Å². The van der Waals surface area contributed by atoms with E-state index in [1.54, 1.807) is 0 Å². The van der Waals surface area contributed by atoms with Gasteiger partial charge in [0, 0.05) is 30.2 Å². The molecule has 0 aromatic carbocycles. The van der Waals surface area contributed by atoms with Crippen LogP contribution in [-0.2, 0) is 31.7 Å². The van der Waals surface area contributed by atoms with Gasteiger partial charge in [-0.15, -0.1) is 0 Å². The molecule has 5 N–H and O–H groups in total. The van der Waals surface area contributed by atoms with E-state index in [1.165, 1.54) is 0 Å². The number of carboxylic acids is 2. The Balaban J connectivity index is -0.000000267. The third-order valence-electron chi connectivity index (χ3n) is 0.986. The van der Waals surface area contributed by atoms with Crippen LogP contribution in [0.5, 0.6) is 0 Å².